The molecule has 103 heavy (non-hydrogen) atoms. The Bertz CT molecular complexity index is 3260. The van der Waals surface area contributed by atoms with Crippen molar-refractivity contribution in [3.05, 3.63) is 47.6 Å². The first-order chi connectivity index (χ1) is 48.5. The van der Waals surface area contributed by atoms with Crippen molar-refractivity contribution in [2.24, 2.45) is 50.2 Å². The third-order valence-corrected chi connectivity index (χ3v) is 25.2. The number of aldehydes is 1. The molecule has 5 saturated heterocycles. The van der Waals surface area contributed by atoms with E-state index in [1.165, 1.54) is 27.0 Å². The molecule has 4 saturated carbocycles. The highest BCUT2D eigenvalue weighted by atomic mass is 16.8. The van der Waals surface area contributed by atoms with Crippen molar-refractivity contribution >= 4 is 36.2 Å². The van der Waals surface area contributed by atoms with E-state index in [0.717, 1.165) is 32.0 Å². The van der Waals surface area contributed by atoms with Gasteiger partial charge in [-0.15, -0.1) is 0 Å². The van der Waals surface area contributed by atoms with Crippen LogP contribution >= 0.6 is 0 Å². The molecule has 34 atom stereocenters. The topological polar surface area (TPSA) is 457 Å². The van der Waals surface area contributed by atoms with Gasteiger partial charge < -0.3 is 132 Å². The summed E-state index contributed by atoms with van der Waals surface area (Å²) in [5.74, 6) is -4.55. The van der Waals surface area contributed by atoms with Crippen molar-refractivity contribution in [2.75, 3.05) is 27.4 Å². The first kappa shape index (κ1) is 79.3. The highest BCUT2D eigenvalue weighted by molar-refractivity contribution is 5.87. The van der Waals surface area contributed by atoms with Gasteiger partial charge in [-0.3, -0.25) is 9.59 Å². The zero-order valence-electron chi connectivity index (χ0n) is 59.8. The van der Waals surface area contributed by atoms with Crippen LogP contribution in [0.4, 0.5) is 0 Å². The van der Waals surface area contributed by atoms with Crippen LogP contribution in [0.3, 0.4) is 0 Å². The summed E-state index contributed by atoms with van der Waals surface area (Å²) in [7, 11) is 2.53. The van der Waals surface area contributed by atoms with Gasteiger partial charge in [-0.25, -0.2) is 9.59 Å². The zero-order valence-corrected chi connectivity index (χ0v) is 59.8. The smallest absolute Gasteiger partial charge is 0.337 e. The van der Waals surface area contributed by atoms with E-state index < -0.39 is 241 Å². The van der Waals surface area contributed by atoms with Gasteiger partial charge in [0.15, 0.2) is 49.6 Å². The molecule has 31 nitrogen and oxygen atoms in total. The van der Waals surface area contributed by atoms with Gasteiger partial charge in [-0.2, -0.15) is 0 Å². The number of benzene rings is 1. The molecule has 0 radical (unpaired) electrons. The Morgan fingerprint density at radius 3 is 1.87 bits per heavy atom. The molecule has 578 valence electrons. The fourth-order valence-corrected chi connectivity index (χ4v) is 19.1. The number of aliphatic hydroxyl groups excluding tert-OH is 12. The highest BCUT2D eigenvalue weighted by Crippen LogP contribution is 2.76. The summed E-state index contributed by atoms with van der Waals surface area (Å²) in [5.41, 5.74) is -4.07. The van der Waals surface area contributed by atoms with Crippen LogP contribution in [0.2, 0.25) is 0 Å². The minimum absolute atomic E-state index is 0.0588. The minimum Gasteiger partial charge on any atom is -0.497 e. The molecule has 0 amide bonds. The van der Waals surface area contributed by atoms with Gasteiger partial charge in [0.25, 0.3) is 0 Å². The molecule has 0 unspecified atom stereocenters. The van der Waals surface area contributed by atoms with E-state index >= 15 is 4.79 Å². The molecule has 31 heteroatoms. The Kier molecular flexibility index (Phi) is 23.3. The van der Waals surface area contributed by atoms with Crippen LogP contribution in [0.15, 0.2) is 42.0 Å². The Morgan fingerprint density at radius 2 is 1.23 bits per heavy atom. The van der Waals surface area contributed by atoms with Crippen molar-refractivity contribution < 1.29 is 152 Å². The Morgan fingerprint density at radius 1 is 0.602 bits per heavy atom. The molecule has 1 aromatic carbocycles. The van der Waals surface area contributed by atoms with Gasteiger partial charge in [0, 0.05) is 13.0 Å². The number of esters is 4. The first-order valence-corrected chi connectivity index (χ1v) is 35.6. The van der Waals surface area contributed by atoms with E-state index in [0.29, 0.717) is 49.8 Å². The number of fused-ring (bicyclic) bond motifs is 7. The molecule has 5 aliphatic carbocycles. The number of allylic oxidation sites excluding steroid dienone is 2. The second kappa shape index (κ2) is 30.3. The lowest BCUT2D eigenvalue weighted by Crippen LogP contribution is -2.69. The lowest BCUT2D eigenvalue weighted by atomic mass is 9.33. The van der Waals surface area contributed by atoms with E-state index in [2.05, 4.69) is 40.7 Å². The molecule has 1 aromatic rings. The van der Waals surface area contributed by atoms with Gasteiger partial charge in [0.2, 0.25) is 6.29 Å². The zero-order chi connectivity index (χ0) is 75.1. The van der Waals surface area contributed by atoms with E-state index in [9.17, 15) is 80.5 Å². The van der Waals surface area contributed by atoms with Crippen LogP contribution in [-0.2, 0) is 85.6 Å². The molecule has 9 fully saturated rings. The summed E-state index contributed by atoms with van der Waals surface area (Å²) in [4.78, 5) is 70.9. The largest absolute Gasteiger partial charge is 0.497 e. The van der Waals surface area contributed by atoms with E-state index in [1.54, 1.807) is 31.2 Å². The van der Waals surface area contributed by atoms with Crippen molar-refractivity contribution in [3.8, 4) is 5.75 Å². The van der Waals surface area contributed by atoms with Crippen molar-refractivity contribution in [1.82, 2.24) is 0 Å². The van der Waals surface area contributed by atoms with Gasteiger partial charge in [0.05, 0.1) is 57.3 Å². The SMILES string of the molecule is COC(=O)[C@H]1O[C@@H](O[C@H]2CC[C@]3(C)[C@H]4CC=C5[C@@H]6CC(C)(C)CC[C@]6(C(=O)O[C@@H]6O[C@H](C)[C@H](OC(=O)/C=C\c7ccc(OC)cc7)[C@H](OC(C)=O)[C@H]6O[C@@H]6O[C@@H](C)[C@H](O)[C@@H](O)[C@H]6O)[C@H](O)C[C@@]5(C)[C@]4(C)CC[C@H]3[C@]2(C)C=O)[C@H](O[C@@H]2O[C@H](CO)[C@H](O)[C@H](O)[C@H]2O)[C@@H](O[C@@H]2OC[C@@H](O)[C@H](O)[C@H]2O)[C@@H]1O. The van der Waals surface area contributed by atoms with Crippen molar-refractivity contribution in [1.29, 1.82) is 0 Å². The molecule has 5 aliphatic heterocycles. The summed E-state index contributed by atoms with van der Waals surface area (Å²) in [6, 6.07) is 6.80. The van der Waals surface area contributed by atoms with Gasteiger partial charge in [-0.1, -0.05) is 65.3 Å². The maximum Gasteiger partial charge on any atom is 0.337 e. The second-order valence-electron chi connectivity index (χ2n) is 31.7. The maximum absolute atomic E-state index is 16.0. The van der Waals surface area contributed by atoms with Crippen LogP contribution < -0.4 is 4.74 Å². The standard InChI is InChI=1S/C72H104O31/c1-31-45(79)48(82)51(85)62(93-31)102-59-57(95-33(3)75)54(98-44(78)19-14-34-12-15-35(90-10)16-13-34)32(2)94-64(59)103-66(89)72-25-24-67(4,5)26-37(72)36-17-18-41-68(6)22-21-43(69(7,30-74)40(68)20-23-70(41,8)71(36,9)27-42(72)77)97-65-58(101-63-52(86)49(83)47(81)39(28-73)96-63)55(53(87)56(100-65)60(88)91-11)99-61-50(84)46(80)38(76)29-92-61/h12-17,19,30-32,37-43,45-59,61-65,73,76-77,79-87H,18,20-29H2,1-11H3/b19-14-/t31-,32+,37-,38+,39+,40+,41+,42+,43-,45-,46-,47-,48+,49-,50+,51+,52+,53-,54-,55-,56-,57-,58+,59+,61-,62-,63-,64-,65+,68-,69-,70+,71+,72+/m0/s1. The number of methoxy groups -OCH3 is 2. The average molecular weight is 1470 g/mol. The minimum atomic E-state index is -2.09. The van der Waals surface area contributed by atoms with Gasteiger partial charge in [0.1, 0.15) is 96.8 Å². The second-order valence-corrected chi connectivity index (χ2v) is 31.7. The number of aliphatic hydroxyl groups is 12. The van der Waals surface area contributed by atoms with Crippen LogP contribution in [0.5, 0.6) is 5.75 Å². The van der Waals surface area contributed by atoms with Gasteiger partial charge in [-0.05, 0) is 135 Å². The lowest BCUT2D eigenvalue weighted by Gasteiger charge is -2.71. The van der Waals surface area contributed by atoms with Crippen LogP contribution in [0.1, 0.15) is 126 Å². The molecule has 12 N–H and O–H groups in total. The maximum atomic E-state index is 16.0. The number of rotatable bonds is 18. The molecular weight excluding hydrogens is 1360 g/mol. The number of hydrogen-bond donors (Lipinski definition) is 12. The molecular formula is C72H104O31. The monoisotopic (exact) mass is 1460 g/mol. The molecule has 10 aliphatic rings. The number of carbonyl (C=O) groups excluding carboxylic acids is 5. The van der Waals surface area contributed by atoms with Crippen LogP contribution in [0, 0.1) is 50.2 Å². The fourth-order valence-electron chi connectivity index (χ4n) is 19.1. The first-order valence-electron chi connectivity index (χ1n) is 35.6. The summed E-state index contributed by atoms with van der Waals surface area (Å²) in [6.07, 6.45) is -36.3. The predicted molar refractivity (Wildman–Crippen MR) is 349 cm³/mol. The van der Waals surface area contributed by atoms with E-state index in [1.807, 2.05) is 0 Å². The summed E-state index contributed by atoms with van der Waals surface area (Å²) in [6.45, 7) is 15.0. The summed E-state index contributed by atoms with van der Waals surface area (Å²) >= 11 is 0. The van der Waals surface area contributed by atoms with Crippen molar-refractivity contribution in [2.45, 2.75) is 280 Å². The number of ether oxygens (including phenoxy) is 14. The molecule has 0 bridgehead atoms. The van der Waals surface area contributed by atoms with E-state index in [4.69, 9.17) is 66.3 Å². The molecule has 0 aromatic heterocycles. The third-order valence-electron chi connectivity index (χ3n) is 25.2. The molecule has 11 rings (SSSR count). The normalized spacial score (nSPS) is 48.1. The Balaban J connectivity index is 0.894. The Labute approximate surface area is 596 Å². The number of carbonyl (C=O) groups is 5. The summed E-state index contributed by atoms with van der Waals surface area (Å²) in [5, 5.41) is 134. The number of hydrogen-bond acceptors (Lipinski definition) is 31. The fraction of sp³-hybridized carbons (Fsp3) is 0.792. The van der Waals surface area contributed by atoms with Crippen LogP contribution in [-0.4, -0.2) is 279 Å². The van der Waals surface area contributed by atoms with Crippen molar-refractivity contribution in [3.63, 3.8) is 0 Å². The van der Waals surface area contributed by atoms with Gasteiger partial charge >= 0.3 is 23.9 Å². The molecule has 0 spiro atoms. The summed E-state index contributed by atoms with van der Waals surface area (Å²) < 4.78 is 84.4. The Hall–Kier alpha value is -4.79. The van der Waals surface area contributed by atoms with E-state index in [-0.39, 0.29) is 25.2 Å². The lowest BCUT2D eigenvalue weighted by molar-refractivity contribution is -0.391. The quantitative estimate of drug-likeness (QED) is 0.0223. The average Bonchev–Trinajstić information content (AvgIpc) is 0.669. The highest BCUT2D eigenvalue weighted by Gasteiger charge is 2.73. The van der Waals surface area contributed by atoms with Crippen LogP contribution in [0.25, 0.3) is 6.08 Å². The predicted octanol–water partition coefficient (Wildman–Crippen LogP) is -0.343. The molecule has 5 heterocycles. The third kappa shape index (κ3) is 14.2.